The number of hydrogen-bond acceptors (Lipinski definition) is 2. The molecule has 1 atom stereocenters. The van der Waals surface area contributed by atoms with E-state index in [9.17, 15) is 0 Å². The minimum Gasteiger partial charge on any atom is -0.264 e. The Labute approximate surface area is 250 Å². The average Bonchev–Trinajstić information content (AvgIpc) is 3.44. The van der Waals surface area contributed by atoms with E-state index in [4.69, 9.17) is 0 Å². The first kappa shape index (κ1) is 26.1. The largest absolute Gasteiger partial charge is 0.264 e. The van der Waals surface area contributed by atoms with E-state index in [1.54, 1.807) is 88.2 Å². The summed E-state index contributed by atoms with van der Waals surface area (Å²) in [6, 6.07) is 8.81. The molecule has 9 aliphatic carbocycles. The fourth-order valence-electron chi connectivity index (χ4n) is 12.6. The Hall–Kier alpha value is -1.36. The van der Waals surface area contributed by atoms with Gasteiger partial charge >= 0.3 is 0 Å². The zero-order valence-corrected chi connectivity index (χ0v) is 26.6. The van der Waals surface area contributed by atoms with Crippen LogP contribution in [0, 0.1) is 35.5 Å². The zero-order chi connectivity index (χ0) is 27.2. The second-order valence-corrected chi connectivity index (χ2v) is 19.7. The molecule has 0 N–H and O–H groups in total. The van der Waals surface area contributed by atoms with Crippen molar-refractivity contribution in [2.75, 3.05) is 6.16 Å². The molecule has 9 aliphatic rings. The van der Waals surface area contributed by atoms with Crippen LogP contribution >= 0.6 is 17.2 Å². The molecule has 8 bridgehead atoms. The summed E-state index contributed by atoms with van der Waals surface area (Å²) in [5.74, 6) is 6.25. The molecule has 0 aromatic carbocycles. The summed E-state index contributed by atoms with van der Waals surface area (Å²) in [5.41, 5.74) is 5.85. The molecule has 11 rings (SSSR count). The van der Waals surface area contributed by atoms with Gasteiger partial charge in [0.05, 0.1) is 5.16 Å². The fourth-order valence-corrected chi connectivity index (χ4v) is 18.5. The van der Waals surface area contributed by atoms with E-state index >= 15 is 0 Å². The van der Waals surface area contributed by atoms with E-state index < -0.39 is 0 Å². The Morgan fingerprint density at radius 2 is 1.15 bits per heavy atom. The molecule has 0 saturated heterocycles. The molecule has 2 aromatic rings. The van der Waals surface area contributed by atoms with Gasteiger partial charge in [-0.2, -0.15) is 0 Å². The lowest BCUT2D eigenvalue weighted by Gasteiger charge is -2.67. The minimum absolute atomic E-state index is 0.0811. The lowest BCUT2D eigenvalue weighted by Crippen LogP contribution is -2.57. The zero-order valence-electron chi connectivity index (χ0n) is 24.6. The van der Waals surface area contributed by atoms with Crippen LogP contribution in [-0.4, -0.2) is 26.4 Å². The average molecular weight is 581 g/mol. The summed E-state index contributed by atoms with van der Waals surface area (Å²) in [5, 5.41) is 1.05. The molecule has 0 spiro atoms. The first-order chi connectivity index (χ1) is 20.0. The Morgan fingerprint density at radius 3 is 1.54 bits per heavy atom. The number of hydrogen-bond donors (Lipinski definition) is 0. The Morgan fingerprint density at radius 1 is 0.707 bits per heavy atom. The predicted molar refractivity (Wildman–Crippen MR) is 173 cm³/mol. The third-order valence-corrected chi connectivity index (χ3v) is 18.3. The van der Waals surface area contributed by atoms with Crippen LogP contribution in [0.4, 0.5) is 0 Å². The summed E-state index contributed by atoms with van der Waals surface area (Å²) < 4.78 is 0. The van der Waals surface area contributed by atoms with Gasteiger partial charge in [-0.1, -0.05) is 32.2 Å². The van der Waals surface area contributed by atoms with Crippen molar-refractivity contribution in [1.29, 1.82) is 0 Å². The van der Waals surface area contributed by atoms with Crippen molar-refractivity contribution in [1.82, 2.24) is 9.97 Å². The van der Waals surface area contributed by atoms with Crippen molar-refractivity contribution in [2.45, 2.75) is 98.9 Å². The van der Waals surface area contributed by atoms with Crippen LogP contribution < -0.4 is 0 Å². The van der Waals surface area contributed by atoms with Crippen molar-refractivity contribution in [3.63, 3.8) is 0 Å². The highest BCUT2D eigenvalue weighted by Gasteiger charge is 2.62. The van der Waals surface area contributed by atoms with E-state index in [-0.39, 0.29) is 13.1 Å². The monoisotopic (exact) mass is 580 g/mol. The van der Waals surface area contributed by atoms with E-state index in [2.05, 4.69) is 68.0 Å². The molecular formula is C37H46N2P2. The van der Waals surface area contributed by atoms with Crippen LogP contribution in [0.25, 0.3) is 0 Å². The summed E-state index contributed by atoms with van der Waals surface area (Å²) >= 11 is 0. The number of pyridine rings is 2. The summed E-state index contributed by atoms with van der Waals surface area (Å²) in [7, 11) is 3.26. The second-order valence-electron chi connectivity index (χ2n) is 15.8. The summed E-state index contributed by atoms with van der Waals surface area (Å²) in [6.45, 7) is 0. The maximum atomic E-state index is 4.61. The van der Waals surface area contributed by atoms with Gasteiger partial charge in [0.25, 0.3) is 0 Å². The van der Waals surface area contributed by atoms with Gasteiger partial charge in [-0.25, -0.2) is 0 Å². The standard InChI is InChI=1S/C37H46N2P2/c40-37(32-5-2-8-38-22-32,33-6-3-9-39-23-33)34-7-1-4-31(34)24-41(35-16-25-10-26(17-35)12-27(11-25)18-35)36-19-28-13-29(20-36)15-30(14-28)21-36/h1-6,8-9,22-23,25-30H,7,10-21,24,40H2. The number of aromatic nitrogens is 2. The first-order valence-corrected chi connectivity index (χ1v) is 18.9. The van der Waals surface area contributed by atoms with Gasteiger partial charge in [0.1, 0.15) is 0 Å². The van der Waals surface area contributed by atoms with Crippen molar-refractivity contribution in [3.8, 4) is 0 Å². The first-order valence-electron chi connectivity index (χ1n) is 16.8. The van der Waals surface area contributed by atoms with Gasteiger partial charge in [-0.05, 0) is 170 Å². The Kier molecular flexibility index (Phi) is 6.09. The van der Waals surface area contributed by atoms with Crippen molar-refractivity contribution in [2.24, 2.45) is 35.5 Å². The van der Waals surface area contributed by atoms with Crippen LogP contribution in [-0.2, 0) is 5.16 Å². The normalized spacial score (nSPS) is 41.0. The van der Waals surface area contributed by atoms with Crippen molar-refractivity contribution < 1.29 is 0 Å². The molecule has 8 fully saturated rings. The van der Waals surface area contributed by atoms with Crippen LogP contribution in [0.1, 0.15) is 94.6 Å². The summed E-state index contributed by atoms with van der Waals surface area (Å²) in [6.07, 6.45) is 34.4. The molecule has 0 aliphatic heterocycles. The predicted octanol–water partition coefficient (Wildman–Crippen LogP) is 9.27. The number of rotatable bonds is 7. The minimum atomic E-state index is -0.273. The lowest BCUT2D eigenvalue weighted by molar-refractivity contribution is 0.0187. The highest BCUT2D eigenvalue weighted by Crippen LogP contribution is 2.79. The maximum Gasteiger partial charge on any atom is 0.0590 e. The molecule has 2 nitrogen and oxygen atoms in total. The Bertz CT molecular complexity index is 1220. The third kappa shape index (κ3) is 4.09. The van der Waals surface area contributed by atoms with Crippen molar-refractivity contribution >= 4 is 17.2 Å². The van der Waals surface area contributed by atoms with Gasteiger partial charge in [0.15, 0.2) is 0 Å². The van der Waals surface area contributed by atoms with Crippen LogP contribution in [0.15, 0.2) is 72.4 Å². The molecule has 1 unspecified atom stereocenters. The second kappa shape index (κ2) is 9.57. The van der Waals surface area contributed by atoms with Gasteiger partial charge in [-0.15, -0.1) is 9.24 Å². The SMILES string of the molecule is PC(C1=C(CP(C23CC4CC(CC(C4)C2)C3)C23CC4CC(CC(C4)C2)C3)C=CC1)(c1cccnc1)c1cccnc1. The van der Waals surface area contributed by atoms with E-state index in [0.717, 1.165) is 41.9 Å². The van der Waals surface area contributed by atoms with Crippen LogP contribution in [0.2, 0.25) is 0 Å². The van der Waals surface area contributed by atoms with E-state index in [1.807, 2.05) is 12.4 Å². The summed E-state index contributed by atoms with van der Waals surface area (Å²) in [4.78, 5) is 9.23. The highest BCUT2D eigenvalue weighted by atomic mass is 31.1. The lowest BCUT2D eigenvalue weighted by atomic mass is 9.55. The molecular weight excluding hydrogens is 534 g/mol. The molecule has 2 heterocycles. The topological polar surface area (TPSA) is 25.8 Å². The van der Waals surface area contributed by atoms with E-state index in [0.29, 0.717) is 10.3 Å². The van der Waals surface area contributed by atoms with Gasteiger partial charge in [0, 0.05) is 24.8 Å². The van der Waals surface area contributed by atoms with Crippen molar-refractivity contribution in [3.05, 3.63) is 83.5 Å². The molecule has 4 heteroatoms. The third-order valence-electron chi connectivity index (χ3n) is 13.2. The number of allylic oxidation sites excluding steroid dienone is 4. The fraction of sp³-hybridized carbons (Fsp3) is 0.622. The smallest absolute Gasteiger partial charge is 0.0590 e. The highest BCUT2D eigenvalue weighted by molar-refractivity contribution is 7.61. The van der Waals surface area contributed by atoms with Crippen LogP contribution in [0.3, 0.4) is 0 Å². The molecule has 214 valence electrons. The molecule has 0 amide bonds. The van der Waals surface area contributed by atoms with Gasteiger partial charge in [-0.3, -0.25) is 9.97 Å². The van der Waals surface area contributed by atoms with Gasteiger partial charge in [0.2, 0.25) is 0 Å². The van der Waals surface area contributed by atoms with Gasteiger partial charge < -0.3 is 0 Å². The Balaban J connectivity index is 1.18. The maximum absolute atomic E-state index is 4.61. The number of nitrogens with zero attached hydrogens (tertiary/aromatic N) is 2. The molecule has 8 saturated carbocycles. The molecule has 41 heavy (non-hydrogen) atoms. The molecule has 2 aromatic heterocycles. The quantitative estimate of drug-likeness (QED) is 0.305. The van der Waals surface area contributed by atoms with Crippen LogP contribution in [0.5, 0.6) is 0 Å². The molecule has 0 radical (unpaired) electrons. The van der Waals surface area contributed by atoms with E-state index in [1.165, 1.54) is 17.3 Å².